The Bertz CT molecular complexity index is 1130. The number of furan rings is 1. The Balaban J connectivity index is 1.58. The maximum atomic E-state index is 12.3. The zero-order valence-electron chi connectivity index (χ0n) is 13.9. The summed E-state index contributed by atoms with van der Waals surface area (Å²) in [6.45, 7) is 0.234. The van der Waals surface area contributed by atoms with Crippen molar-refractivity contribution in [3.8, 4) is 11.3 Å². The molecule has 0 atom stereocenters. The number of aromatic nitrogens is 1. The molecular formula is C21H16N2O3. The summed E-state index contributed by atoms with van der Waals surface area (Å²) in [5.74, 6) is 0.190. The van der Waals surface area contributed by atoms with E-state index < -0.39 is 11.5 Å². The highest BCUT2D eigenvalue weighted by Gasteiger charge is 2.12. The summed E-state index contributed by atoms with van der Waals surface area (Å²) in [5.41, 5.74) is 1.21. The third-order valence-corrected chi connectivity index (χ3v) is 4.22. The summed E-state index contributed by atoms with van der Waals surface area (Å²) in [4.78, 5) is 27.3. The van der Waals surface area contributed by atoms with Crippen LogP contribution in [0.2, 0.25) is 0 Å². The van der Waals surface area contributed by atoms with E-state index in [1.54, 1.807) is 24.3 Å². The molecule has 0 aliphatic heterocycles. The topological polar surface area (TPSA) is 75.1 Å². The smallest absolute Gasteiger partial charge is 0.261 e. The van der Waals surface area contributed by atoms with Crippen LogP contribution in [0, 0.1) is 0 Å². The van der Waals surface area contributed by atoms with Crippen LogP contribution in [-0.4, -0.2) is 10.9 Å². The average Bonchev–Trinajstić information content (AvgIpc) is 3.19. The lowest BCUT2D eigenvalue weighted by Crippen LogP contribution is -2.29. The maximum Gasteiger partial charge on any atom is 0.261 e. The van der Waals surface area contributed by atoms with Gasteiger partial charge in [0.25, 0.3) is 11.5 Å². The predicted molar refractivity (Wildman–Crippen MR) is 99.9 cm³/mol. The van der Waals surface area contributed by atoms with Crippen LogP contribution >= 0.6 is 0 Å². The van der Waals surface area contributed by atoms with E-state index in [0.29, 0.717) is 11.5 Å². The fourth-order valence-corrected chi connectivity index (χ4v) is 2.85. The van der Waals surface area contributed by atoms with Crippen molar-refractivity contribution in [1.29, 1.82) is 0 Å². The predicted octanol–water partition coefficient (Wildman–Crippen LogP) is 3.72. The first kappa shape index (κ1) is 15.9. The molecule has 5 heteroatoms. The highest BCUT2D eigenvalue weighted by molar-refractivity contribution is 5.94. The first-order chi connectivity index (χ1) is 12.7. The lowest BCUT2D eigenvalue weighted by Gasteiger charge is -2.06. The van der Waals surface area contributed by atoms with E-state index in [4.69, 9.17) is 4.42 Å². The normalized spacial score (nSPS) is 10.8. The molecule has 5 nitrogen and oxygen atoms in total. The van der Waals surface area contributed by atoms with E-state index in [1.165, 1.54) is 6.26 Å². The van der Waals surface area contributed by atoms with Gasteiger partial charge in [-0.3, -0.25) is 9.59 Å². The van der Waals surface area contributed by atoms with Gasteiger partial charge < -0.3 is 14.7 Å². The molecule has 26 heavy (non-hydrogen) atoms. The fourth-order valence-electron chi connectivity index (χ4n) is 2.85. The molecule has 0 aliphatic carbocycles. The summed E-state index contributed by atoms with van der Waals surface area (Å²) in [6.07, 6.45) is 1.53. The van der Waals surface area contributed by atoms with Gasteiger partial charge in [-0.05, 0) is 46.7 Å². The van der Waals surface area contributed by atoms with Gasteiger partial charge in [0, 0.05) is 5.69 Å². The molecule has 0 saturated heterocycles. The zero-order chi connectivity index (χ0) is 17.9. The number of hydrogen-bond donors (Lipinski definition) is 2. The van der Waals surface area contributed by atoms with Gasteiger partial charge >= 0.3 is 0 Å². The SMILES string of the molecule is O=C(NCc1ccco1)c1ccc(-c2ccc3ccccc3c2)[nH]c1=O. The Morgan fingerprint density at radius 3 is 2.58 bits per heavy atom. The highest BCUT2D eigenvalue weighted by atomic mass is 16.3. The third-order valence-electron chi connectivity index (χ3n) is 4.22. The first-order valence-electron chi connectivity index (χ1n) is 8.24. The number of benzene rings is 2. The van der Waals surface area contributed by atoms with Gasteiger partial charge in [-0.2, -0.15) is 0 Å². The second-order valence-electron chi connectivity index (χ2n) is 5.94. The van der Waals surface area contributed by atoms with Gasteiger partial charge in [0.1, 0.15) is 11.3 Å². The van der Waals surface area contributed by atoms with Gasteiger partial charge in [0.15, 0.2) is 0 Å². The minimum atomic E-state index is -0.437. The van der Waals surface area contributed by atoms with Gasteiger partial charge in [-0.1, -0.05) is 36.4 Å². The zero-order valence-corrected chi connectivity index (χ0v) is 13.9. The molecule has 2 heterocycles. The summed E-state index contributed by atoms with van der Waals surface area (Å²) in [7, 11) is 0. The molecule has 2 aromatic heterocycles. The van der Waals surface area contributed by atoms with E-state index in [9.17, 15) is 9.59 Å². The van der Waals surface area contributed by atoms with Crippen LogP contribution in [-0.2, 0) is 6.54 Å². The van der Waals surface area contributed by atoms with Crippen molar-refractivity contribution in [3.63, 3.8) is 0 Å². The Kier molecular flexibility index (Phi) is 4.11. The number of carbonyl (C=O) groups excluding carboxylic acids is 1. The first-order valence-corrected chi connectivity index (χ1v) is 8.24. The van der Waals surface area contributed by atoms with Crippen LogP contribution < -0.4 is 10.9 Å². The molecule has 0 saturated carbocycles. The van der Waals surface area contributed by atoms with Crippen molar-refractivity contribution in [3.05, 3.63) is 94.7 Å². The van der Waals surface area contributed by atoms with Crippen molar-refractivity contribution >= 4 is 16.7 Å². The Morgan fingerprint density at radius 2 is 1.81 bits per heavy atom. The Hall–Kier alpha value is -3.60. The Labute approximate surface area is 149 Å². The van der Waals surface area contributed by atoms with Crippen LogP contribution in [0.5, 0.6) is 0 Å². The summed E-state index contributed by atoms with van der Waals surface area (Å²) in [6, 6.07) is 20.8. The molecule has 0 unspecified atom stereocenters. The third kappa shape index (κ3) is 3.15. The van der Waals surface area contributed by atoms with Crippen LogP contribution in [0.4, 0.5) is 0 Å². The largest absolute Gasteiger partial charge is 0.467 e. The molecule has 0 bridgehead atoms. The van der Waals surface area contributed by atoms with Gasteiger partial charge in [0.05, 0.1) is 12.8 Å². The molecule has 2 aromatic carbocycles. The van der Waals surface area contributed by atoms with Gasteiger partial charge in [-0.25, -0.2) is 0 Å². The number of pyridine rings is 1. The van der Waals surface area contributed by atoms with E-state index in [0.717, 1.165) is 16.3 Å². The van der Waals surface area contributed by atoms with Crippen LogP contribution in [0.1, 0.15) is 16.1 Å². The minimum Gasteiger partial charge on any atom is -0.467 e. The molecule has 0 fully saturated rings. The average molecular weight is 344 g/mol. The number of hydrogen-bond acceptors (Lipinski definition) is 3. The summed E-state index contributed by atoms with van der Waals surface area (Å²) in [5, 5.41) is 4.89. The molecule has 0 radical (unpaired) electrons. The highest BCUT2D eigenvalue weighted by Crippen LogP contribution is 2.22. The number of fused-ring (bicyclic) bond motifs is 1. The Morgan fingerprint density at radius 1 is 0.962 bits per heavy atom. The number of aromatic amines is 1. The van der Waals surface area contributed by atoms with E-state index >= 15 is 0 Å². The van der Waals surface area contributed by atoms with Crippen LogP contribution in [0.25, 0.3) is 22.0 Å². The molecule has 4 aromatic rings. The van der Waals surface area contributed by atoms with Crippen molar-refractivity contribution in [2.24, 2.45) is 0 Å². The monoisotopic (exact) mass is 344 g/mol. The van der Waals surface area contributed by atoms with Crippen LogP contribution in [0.3, 0.4) is 0 Å². The second-order valence-corrected chi connectivity index (χ2v) is 5.94. The van der Waals surface area contributed by atoms with E-state index in [-0.39, 0.29) is 12.1 Å². The molecule has 4 rings (SSSR count). The maximum absolute atomic E-state index is 12.3. The quantitative estimate of drug-likeness (QED) is 0.592. The fraction of sp³-hybridized carbons (Fsp3) is 0.0476. The number of H-pyrrole nitrogens is 1. The molecule has 0 spiro atoms. The number of rotatable bonds is 4. The molecule has 2 N–H and O–H groups in total. The summed E-state index contributed by atoms with van der Waals surface area (Å²) < 4.78 is 5.16. The standard InChI is InChI=1S/C21H16N2O3/c24-20(22-13-17-6-3-11-26-17)18-9-10-19(23-21(18)25)16-8-7-14-4-1-2-5-15(14)12-16/h1-12H,13H2,(H,22,24)(H,23,25). The van der Waals surface area contributed by atoms with Crippen molar-refractivity contribution < 1.29 is 9.21 Å². The summed E-state index contributed by atoms with van der Waals surface area (Å²) >= 11 is 0. The van der Waals surface area contributed by atoms with Crippen molar-refractivity contribution in [1.82, 2.24) is 10.3 Å². The van der Waals surface area contributed by atoms with Crippen LogP contribution in [0.15, 0.2) is 82.2 Å². The molecule has 0 aliphatic rings. The molecule has 1 amide bonds. The van der Waals surface area contributed by atoms with E-state index in [1.807, 2.05) is 42.5 Å². The number of nitrogens with one attached hydrogen (secondary N) is 2. The van der Waals surface area contributed by atoms with E-state index in [2.05, 4.69) is 10.3 Å². The number of carbonyl (C=O) groups is 1. The molecular weight excluding hydrogens is 328 g/mol. The molecule has 128 valence electrons. The minimum absolute atomic E-state index is 0.0705. The van der Waals surface area contributed by atoms with Gasteiger partial charge in [0.2, 0.25) is 0 Å². The lowest BCUT2D eigenvalue weighted by atomic mass is 10.0. The second kappa shape index (κ2) is 6.72. The van der Waals surface area contributed by atoms with Crippen molar-refractivity contribution in [2.45, 2.75) is 6.54 Å². The van der Waals surface area contributed by atoms with Crippen molar-refractivity contribution in [2.75, 3.05) is 0 Å². The van der Waals surface area contributed by atoms with Gasteiger partial charge in [-0.15, -0.1) is 0 Å². The number of amides is 1. The lowest BCUT2D eigenvalue weighted by molar-refractivity contribution is 0.0946.